The van der Waals surface area contributed by atoms with Crippen molar-refractivity contribution in [3.63, 3.8) is 0 Å². The summed E-state index contributed by atoms with van der Waals surface area (Å²) in [5, 5.41) is 9.33. The van der Waals surface area contributed by atoms with Crippen LogP contribution in [0.3, 0.4) is 0 Å². The summed E-state index contributed by atoms with van der Waals surface area (Å²) in [6, 6.07) is 13.6. The fraction of sp³-hybridized carbons (Fsp3) is 0.250. The molecule has 4 nitrogen and oxygen atoms in total. The number of benzene rings is 2. The zero-order chi connectivity index (χ0) is 17.5. The molecular formula is C20H22O4. The summed E-state index contributed by atoms with van der Waals surface area (Å²) < 4.78 is 10.6. The van der Waals surface area contributed by atoms with Crippen LogP contribution in [0, 0.1) is 6.92 Å². The molecule has 2 aromatic carbocycles. The molecule has 0 amide bonds. The first kappa shape index (κ1) is 17.8. The number of carbonyl (C=O) groups is 1. The average Bonchev–Trinajstić information content (AvgIpc) is 2.57. The number of rotatable bonds is 7. The summed E-state index contributed by atoms with van der Waals surface area (Å²) in [6.45, 7) is 4.14. The molecule has 0 aliphatic carbocycles. The number of carboxylic acid groups (broad SMARTS) is 1. The molecule has 0 saturated heterocycles. The monoisotopic (exact) mass is 326 g/mol. The van der Waals surface area contributed by atoms with Crippen molar-refractivity contribution in [2.24, 2.45) is 0 Å². The van der Waals surface area contributed by atoms with E-state index in [1.54, 1.807) is 7.11 Å². The Balaban J connectivity index is 2.62. The number of aliphatic carboxylic acids is 1. The molecule has 0 atom stereocenters. The summed E-state index contributed by atoms with van der Waals surface area (Å²) >= 11 is 0. The van der Waals surface area contributed by atoms with Crippen LogP contribution in [-0.2, 0) is 16.0 Å². The second-order valence-electron chi connectivity index (χ2n) is 5.50. The third-order valence-corrected chi connectivity index (χ3v) is 3.67. The molecule has 0 heterocycles. The fourth-order valence-corrected chi connectivity index (χ4v) is 2.51. The highest BCUT2D eigenvalue weighted by Gasteiger charge is 2.14. The van der Waals surface area contributed by atoms with Gasteiger partial charge in [-0.2, -0.15) is 0 Å². The van der Waals surface area contributed by atoms with E-state index in [4.69, 9.17) is 9.47 Å². The van der Waals surface area contributed by atoms with E-state index in [2.05, 4.69) is 6.92 Å². The number of carboxylic acids is 1. The van der Waals surface area contributed by atoms with Crippen LogP contribution in [0.25, 0.3) is 5.57 Å². The summed E-state index contributed by atoms with van der Waals surface area (Å²) in [5.41, 5.74) is 4.38. The van der Waals surface area contributed by atoms with Crippen molar-refractivity contribution in [2.45, 2.75) is 20.3 Å². The molecule has 0 fully saturated rings. The number of methoxy groups -OCH3 is 1. The van der Waals surface area contributed by atoms with Crippen molar-refractivity contribution in [2.75, 3.05) is 13.9 Å². The van der Waals surface area contributed by atoms with E-state index in [-0.39, 0.29) is 6.79 Å². The lowest BCUT2D eigenvalue weighted by Gasteiger charge is -2.15. The zero-order valence-corrected chi connectivity index (χ0v) is 14.2. The topological polar surface area (TPSA) is 55.8 Å². The standard InChI is InChI=1S/C20H22O4/c1-4-15-8-9-19(24-13-23-3)18(11-15)17(12-20(21)22)16-7-5-6-14(2)10-16/h5-12H,4,13H2,1-3H3,(H,21,22)/b17-12+. The molecular weight excluding hydrogens is 304 g/mol. The second kappa shape index (κ2) is 8.31. The van der Waals surface area contributed by atoms with Crippen molar-refractivity contribution in [1.29, 1.82) is 0 Å². The van der Waals surface area contributed by atoms with Gasteiger partial charge in [-0.25, -0.2) is 4.79 Å². The van der Waals surface area contributed by atoms with Crippen LogP contribution in [0.1, 0.15) is 29.2 Å². The third kappa shape index (κ3) is 4.46. The maximum Gasteiger partial charge on any atom is 0.328 e. The maximum absolute atomic E-state index is 11.4. The van der Waals surface area contributed by atoms with Crippen molar-refractivity contribution in [3.05, 3.63) is 70.8 Å². The van der Waals surface area contributed by atoms with Crippen molar-refractivity contribution < 1.29 is 19.4 Å². The van der Waals surface area contributed by atoms with Crippen molar-refractivity contribution >= 4 is 11.5 Å². The van der Waals surface area contributed by atoms with E-state index in [9.17, 15) is 9.90 Å². The van der Waals surface area contributed by atoms with Gasteiger partial charge in [-0.05, 0) is 42.2 Å². The Morgan fingerprint density at radius 3 is 2.62 bits per heavy atom. The molecule has 0 spiro atoms. The van der Waals surface area contributed by atoms with Gasteiger partial charge in [0.1, 0.15) is 5.75 Å². The molecule has 2 rings (SSSR count). The molecule has 1 N–H and O–H groups in total. The van der Waals surface area contributed by atoms with Crippen LogP contribution in [0.5, 0.6) is 5.75 Å². The van der Waals surface area contributed by atoms with Gasteiger partial charge in [-0.1, -0.05) is 42.8 Å². The molecule has 0 aromatic heterocycles. The van der Waals surface area contributed by atoms with Crippen LogP contribution in [-0.4, -0.2) is 25.0 Å². The van der Waals surface area contributed by atoms with Crippen LogP contribution in [0.15, 0.2) is 48.5 Å². The lowest BCUT2D eigenvalue weighted by molar-refractivity contribution is -0.131. The third-order valence-electron chi connectivity index (χ3n) is 3.67. The number of aryl methyl sites for hydroxylation is 2. The lowest BCUT2D eigenvalue weighted by atomic mass is 9.93. The summed E-state index contributed by atoms with van der Waals surface area (Å²) in [5.74, 6) is -0.394. The van der Waals surface area contributed by atoms with Crippen LogP contribution < -0.4 is 4.74 Å². The molecule has 2 aromatic rings. The minimum absolute atomic E-state index is 0.104. The first-order valence-corrected chi connectivity index (χ1v) is 7.81. The van der Waals surface area contributed by atoms with Crippen LogP contribution >= 0.6 is 0 Å². The van der Waals surface area contributed by atoms with Gasteiger partial charge in [0.2, 0.25) is 0 Å². The lowest BCUT2D eigenvalue weighted by Crippen LogP contribution is -2.04. The Bertz CT molecular complexity index is 747. The van der Waals surface area contributed by atoms with E-state index >= 15 is 0 Å². The van der Waals surface area contributed by atoms with Gasteiger partial charge in [0.25, 0.3) is 0 Å². The van der Waals surface area contributed by atoms with E-state index < -0.39 is 5.97 Å². The van der Waals surface area contributed by atoms with Crippen LogP contribution in [0.4, 0.5) is 0 Å². The molecule has 126 valence electrons. The Morgan fingerprint density at radius 2 is 2.00 bits per heavy atom. The SMILES string of the molecule is CCc1ccc(OCOC)c(/C(=C/C(=O)O)c2cccc(C)c2)c1. The zero-order valence-electron chi connectivity index (χ0n) is 14.2. The van der Waals surface area contributed by atoms with Gasteiger partial charge < -0.3 is 14.6 Å². The Hall–Kier alpha value is -2.59. The molecule has 0 radical (unpaired) electrons. The van der Waals surface area contributed by atoms with E-state index in [1.165, 1.54) is 6.08 Å². The van der Waals surface area contributed by atoms with Gasteiger partial charge in [-0.3, -0.25) is 0 Å². The molecule has 0 aliphatic rings. The van der Waals surface area contributed by atoms with E-state index in [0.29, 0.717) is 11.3 Å². The second-order valence-corrected chi connectivity index (χ2v) is 5.50. The predicted molar refractivity (Wildman–Crippen MR) is 94.2 cm³/mol. The Morgan fingerprint density at radius 1 is 1.21 bits per heavy atom. The quantitative estimate of drug-likeness (QED) is 0.616. The highest BCUT2D eigenvalue weighted by Crippen LogP contribution is 2.32. The van der Waals surface area contributed by atoms with Crippen LogP contribution in [0.2, 0.25) is 0 Å². The predicted octanol–water partition coefficient (Wildman–Crippen LogP) is 4.06. The van der Waals surface area contributed by atoms with Gasteiger partial charge in [-0.15, -0.1) is 0 Å². The summed E-state index contributed by atoms with van der Waals surface area (Å²) in [7, 11) is 1.55. The van der Waals surface area contributed by atoms with E-state index in [0.717, 1.165) is 28.7 Å². The first-order chi connectivity index (χ1) is 11.5. The highest BCUT2D eigenvalue weighted by molar-refractivity contribution is 5.96. The molecule has 4 heteroatoms. The normalized spacial score (nSPS) is 11.4. The first-order valence-electron chi connectivity index (χ1n) is 7.81. The molecule has 0 saturated carbocycles. The highest BCUT2D eigenvalue weighted by atomic mass is 16.7. The smallest absolute Gasteiger partial charge is 0.328 e. The summed E-state index contributed by atoms with van der Waals surface area (Å²) in [6.07, 6.45) is 2.08. The molecule has 0 unspecified atom stereocenters. The number of ether oxygens (including phenoxy) is 2. The Kier molecular flexibility index (Phi) is 6.15. The Labute approximate surface area is 142 Å². The van der Waals surface area contributed by atoms with E-state index in [1.807, 2.05) is 49.4 Å². The van der Waals surface area contributed by atoms with Gasteiger partial charge in [0, 0.05) is 18.7 Å². The van der Waals surface area contributed by atoms with Gasteiger partial charge in [0.05, 0.1) is 0 Å². The average molecular weight is 326 g/mol. The number of hydrogen-bond acceptors (Lipinski definition) is 3. The molecule has 0 aliphatic heterocycles. The van der Waals surface area contributed by atoms with Crippen molar-refractivity contribution in [1.82, 2.24) is 0 Å². The number of hydrogen-bond donors (Lipinski definition) is 1. The molecule has 0 bridgehead atoms. The largest absolute Gasteiger partial charge is 0.478 e. The summed E-state index contributed by atoms with van der Waals surface area (Å²) in [4.78, 5) is 11.4. The molecule has 24 heavy (non-hydrogen) atoms. The minimum atomic E-state index is -0.994. The van der Waals surface area contributed by atoms with Gasteiger partial charge >= 0.3 is 5.97 Å². The van der Waals surface area contributed by atoms with Gasteiger partial charge in [0.15, 0.2) is 6.79 Å². The maximum atomic E-state index is 11.4. The minimum Gasteiger partial charge on any atom is -0.478 e. The fourth-order valence-electron chi connectivity index (χ4n) is 2.51. The van der Waals surface area contributed by atoms with Crippen molar-refractivity contribution in [3.8, 4) is 5.75 Å².